The summed E-state index contributed by atoms with van der Waals surface area (Å²) in [6.45, 7) is 0. The number of halogens is 6. The van der Waals surface area contributed by atoms with Crippen LogP contribution in [-0.4, -0.2) is 26.7 Å². The van der Waals surface area contributed by atoms with E-state index >= 15 is 0 Å². The zero-order chi connectivity index (χ0) is 16.1. The zero-order valence-corrected chi connectivity index (χ0v) is 11.3. The summed E-state index contributed by atoms with van der Waals surface area (Å²) in [6, 6.07) is 4.59. The van der Waals surface area contributed by atoms with Gasteiger partial charge >= 0.3 is 11.0 Å². The van der Waals surface area contributed by atoms with Crippen LogP contribution in [0.3, 0.4) is 0 Å². The third-order valence-corrected chi connectivity index (χ3v) is 4.81. The maximum atomic E-state index is 12.6. The van der Waals surface area contributed by atoms with Crippen LogP contribution in [-0.2, 0) is 0 Å². The van der Waals surface area contributed by atoms with Crippen molar-refractivity contribution in [2.75, 3.05) is 0 Å². The number of hydrogen-bond acceptors (Lipinski definition) is 4. The van der Waals surface area contributed by atoms with Gasteiger partial charge in [0.25, 0.3) is 0 Å². The van der Waals surface area contributed by atoms with Crippen molar-refractivity contribution in [1.29, 1.82) is 0 Å². The van der Waals surface area contributed by atoms with Crippen molar-refractivity contribution in [2.45, 2.75) is 15.1 Å². The summed E-state index contributed by atoms with van der Waals surface area (Å²) in [7, 11) is 0. The lowest BCUT2D eigenvalue weighted by molar-refractivity contribution is -0.0355. The molecule has 0 amide bonds. The fourth-order valence-electron chi connectivity index (χ4n) is 1.87. The second-order valence-corrected chi connectivity index (χ2v) is 6.73. The van der Waals surface area contributed by atoms with Crippen LogP contribution in [0.15, 0.2) is 24.3 Å². The van der Waals surface area contributed by atoms with Crippen LogP contribution in [0.1, 0.15) is 20.7 Å². The molecule has 1 aromatic rings. The van der Waals surface area contributed by atoms with Crippen LogP contribution in [0.5, 0.6) is 0 Å². The molecule has 0 aromatic heterocycles. The molecule has 0 aliphatic heterocycles. The Morgan fingerprint density at radius 3 is 1.38 bits per heavy atom. The van der Waals surface area contributed by atoms with Gasteiger partial charge in [-0.15, -0.1) is 0 Å². The fourth-order valence-corrected chi connectivity index (χ4v) is 4.07. The molecule has 0 bridgehead atoms. The number of alkyl halides is 6. The average molecular weight is 346 g/mol. The fraction of sp³-hybridized carbons (Fsp3) is 0.273. The van der Waals surface area contributed by atoms with Gasteiger partial charge in [-0.25, -0.2) is 0 Å². The quantitative estimate of drug-likeness (QED) is 0.455. The number of carbonyl (C=O) groups is 2. The van der Waals surface area contributed by atoms with Crippen LogP contribution in [0.2, 0.25) is 0 Å². The summed E-state index contributed by atoms with van der Waals surface area (Å²) in [5.74, 6) is -2.99. The van der Waals surface area contributed by atoms with Gasteiger partial charge in [0.1, 0.15) is 0 Å². The molecule has 21 heavy (non-hydrogen) atoms. The van der Waals surface area contributed by atoms with Gasteiger partial charge in [0, 0.05) is 11.1 Å². The molecule has 2 rings (SSSR count). The van der Waals surface area contributed by atoms with Crippen LogP contribution in [0.4, 0.5) is 26.3 Å². The Hall–Kier alpha value is -1.16. The molecule has 0 saturated carbocycles. The molecule has 0 spiro atoms. The van der Waals surface area contributed by atoms with E-state index in [4.69, 9.17) is 0 Å². The average Bonchev–Trinajstić information content (AvgIpc) is 2.49. The molecule has 1 aromatic carbocycles. The molecule has 0 N–H and O–H groups in total. The Labute approximate surface area is 122 Å². The summed E-state index contributed by atoms with van der Waals surface area (Å²) < 4.78 is 72.1. The second kappa shape index (κ2) is 4.94. The van der Waals surface area contributed by atoms with Crippen molar-refractivity contribution in [1.82, 2.24) is 0 Å². The molecule has 0 atom stereocenters. The maximum Gasteiger partial charge on any atom is 0.444 e. The minimum absolute atomic E-state index is 0.434. The smallest absolute Gasteiger partial charge is 0.291 e. The van der Waals surface area contributed by atoms with E-state index in [2.05, 4.69) is 0 Å². The lowest BCUT2D eigenvalue weighted by atomic mass is 10.1. The normalized spacial score (nSPS) is 18.0. The number of fused-ring (bicyclic) bond motifs is 1. The SMILES string of the molecule is O=C1c2ccccc2C(=O)C1(SC(F)(F)F)SC(F)(F)F. The topological polar surface area (TPSA) is 34.1 Å². The highest BCUT2D eigenvalue weighted by Crippen LogP contribution is 2.57. The van der Waals surface area contributed by atoms with Crippen molar-refractivity contribution in [3.63, 3.8) is 0 Å². The Morgan fingerprint density at radius 2 is 1.10 bits per heavy atom. The monoisotopic (exact) mass is 346 g/mol. The molecule has 0 radical (unpaired) electrons. The number of Topliss-reactive ketones (excluding diaryl/α,β-unsaturated/α-hetero) is 2. The molecular weight excluding hydrogens is 342 g/mol. The lowest BCUT2D eigenvalue weighted by Gasteiger charge is -2.26. The first-order chi connectivity index (χ1) is 9.46. The molecule has 114 valence electrons. The highest BCUT2D eigenvalue weighted by molar-refractivity contribution is 8.21. The van der Waals surface area contributed by atoms with Crippen molar-refractivity contribution in [3.8, 4) is 0 Å². The summed E-state index contributed by atoms with van der Waals surface area (Å²) >= 11 is -2.49. The van der Waals surface area contributed by atoms with E-state index in [9.17, 15) is 35.9 Å². The van der Waals surface area contributed by atoms with E-state index in [0.29, 0.717) is 0 Å². The number of ketones is 2. The number of carbonyl (C=O) groups excluding carboxylic acids is 2. The molecular formula is C11H4F6O2S2. The third kappa shape index (κ3) is 3.05. The van der Waals surface area contributed by atoms with E-state index in [0.717, 1.165) is 12.1 Å². The minimum atomic E-state index is -5.17. The maximum absolute atomic E-state index is 12.6. The van der Waals surface area contributed by atoms with Crippen LogP contribution in [0.25, 0.3) is 0 Å². The van der Waals surface area contributed by atoms with Crippen molar-refractivity contribution < 1.29 is 35.9 Å². The molecule has 10 heteroatoms. The summed E-state index contributed by atoms with van der Waals surface area (Å²) in [4.78, 5) is 24.0. The molecule has 0 heterocycles. The minimum Gasteiger partial charge on any atom is -0.291 e. The Bertz CT molecular complexity index is 554. The standard InChI is InChI=1S/C11H4F6O2S2/c12-10(13,14)20-9(21-11(15,16)17)7(18)5-3-1-2-4-6(5)8(9)19/h1-4H. The molecule has 2 nitrogen and oxygen atoms in total. The highest BCUT2D eigenvalue weighted by atomic mass is 32.2. The summed E-state index contributed by atoms with van der Waals surface area (Å²) in [6.07, 6.45) is 0. The highest BCUT2D eigenvalue weighted by Gasteiger charge is 2.63. The first-order valence-electron chi connectivity index (χ1n) is 5.19. The predicted molar refractivity (Wildman–Crippen MR) is 65.1 cm³/mol. The molecule has 1 aliphatic rings. The Balaban J connectivity index is 2.57. The largest absolute Gasteiger partial charge is 0.444 e. The number of rotatable bonds is 2. The number of benzene rings is 1. The molecule has 0 fully saturated rings. The van der Waals surface area contributed by atoms with Crippen LogP contribution >= 0.6 is 23.5 Å². The first-order valence-corrected chi connectivity index (χ1v) is 6.82. The Morgan fingerprint density at radius 1 is 0.762 bits per heavy atom. The van der Waals surface area contributed by atoms with E-state index in [1.165, 1.54) is 12.1 Å². The van der Waals surface area contributed by atoms with Crippen molar-refractivity contribution >= 4 is 35.1 Å². The summed E-state index contributed by atoms with van der Waals surface area (Å²) in [5, 5.41) is 0. The van der Waals surface area contributed by atoms with E-state index < -0.39 is 61.3 Å². The Kier molecular flexibility index (Phi) is 3.81. The van der Waals surface area contributed by atoms with Gasteiger partial charge in [-0.05, 0) is 23.5 Å². The predicted octanol–water partition coefficient (Wildman–Crippen LogP) is 4.27. The molecule has 1 aliphatic carbocycles. The van der Waals surface area contributed by atoms with Gasteiger partial charge in [0.2, 0.25) is 4.08 Å². The van der Waals surface area contributed by atoms with E-state index in [1.807, 2.05) is 0 Å². The number of thioether (sulfide) groups is 2. The molecule has 0 saturated heterocycles. The lowest BCUT2D eigenvalue weighted by Crippen LogP contribution is -2.39. The van der Waals surface area contributed by atoms with E-state index in [1.54, 1.807) is 0 Å². The van der Waals surface area contributed by atoms with Gasteiger partial charge in [-0.3, -0.25) is 9.59 Å². The van der Waals surface area contributed by atoms with Crippen molar-refractivity contribution in [2.24, 2.45) is 0 Å². The van der Waals surface area contributed by atoms with Gasteiger partial charge in [0.15, 0.2) is 11.6 Å². The number of hydrogen-bond donors (Lipinski definition) is 0. The van der Waals surface area contributed by atoms with Gasteiger partial charge in [-0.2, -0.15) is 26.3 Å². The van der Waals surface area contributed by atoms with Gasteiger partial charge in [-0.1, -0.05) is 24.3 Å². The molecule has 0 unspecified atom stereocenters. The third-order valence-electron chi connectivity index (χ3n) is 2.53. The van der Waals surface area contributed by atoms with Crippen LogP contribution in [0, 0.1) is 0 Å². The van der Waals surface area contributed by atoms with Gasteiger partial charge in [0.05, 0.1) is 0 Å². The van der Waals surface area contributed by atoms with Crippen molar-refractivity contribution in [3.05, 3.63) is 35.4 Å². The first kappa shape index (κ1) is 16.2. The summed E-state index contributed by atoms with van der Waals surface area (Å²) in [5.41, 5.74) is -11.2. The van der Waals surface area contributed by atoms with Crippen LogP contribution < -0.4 is 0 Å². The zero-order valence-electron chi connectivity index (χ0n) is 9.71. The van der Waals surface area contributed by atoms with E-state index in [-0.39, 0.29) is 0 Å². The second-order valence-electron chi connectivity index (χ2n) is 3.92. The van der Waals surface area contributed by atoms with Gasteiger partial charge < -0.3 is 0 Å².